The number of benzene rings is 1. The molecule has 0 amide bonds. The highest BCUT2D eigenvalue weighted by atomic mass is 16.2. The van der Waals surface area contributed by atoms with Gasteiger partial charge in [-0.05, 0) is 25.1 Å². The number of nitrogens with two attached hydrogens (primary N) is 1. The Labute approximate surface area is 87.7 Å². The van der Waals surface area contributed by atoms with Crippen molar-refractivity contribution in [3.8, 4) is 0 Å². The van der Waals surface area contributed by atoms with Gasteiger partial charge < -0.3 is 5.73 Å². The molecule has 0 aliphatic carbocycles. The lowest BCUT2D eigenvalue weighted by Gasteiger charge is -2.01. The number of hydrogen-bond donors (Lipinski definition) is 1. The zero-order valence-corrected chi connectivity index (χ0v) is 8.39. The fraction of sp³-hybridized carbons (Fsp3) is 0.273. The van der Waals surface area contributed by atoms with Crippen LogP contribution < -0.4 is 5.73 Å². The van der Waals surface area contributed by atoms with Crippen molar-refractivity contribution in [2.45, 2.75) is 12.8 Å². The number of carbonyl (C=O) groups is 1. The molecule has 0 unspecified atom stereocenters. The summed E-state index contributed by atoms with van der Waals surface area (Å²) in [7, 11) is 0. The molecule has 1 aromatic heterocycles. The number of carbonyl (C=O) groups excluding carboxylic acids is 1. The molecule has 0 saturated heterocycles. The lowest BCUT2D eigenvalue weighted by molar-refractivity contribution is 0.0905. The number of hydrogen-bond acceptors (Lipinski definition) is 3. The van der Waals surface area contributed by atoms with E-state index in [1.165, 1.54) is 0 Å². The van der Waals surface area contributed by atoms with Crippen LogP contribution >= 0.6 is 0 Å². The van der Waals surface area contributed by atoms with Crippen LogP contribution in [0.2, 0.25) is 0 Å². The highest BCUT2D eigenvalue weighted by molar-refractivity contribution is 5.90. The van der Waals surface area contributed by atoms with E-state index in [0.29, 0.717) is 19.4 Å². The fourth-order valence-electron chi connectivity index (χ4n) is 1.53. The lowest BCUT2D eigenvalue weighted by atomic mass is 10.3. The number of imidazole rings is 1. The van der Waals surface area contributed by atoms with Crippen LogP contribution in [0.3, 0.4) is 0 Å². The molecule has 78 valence electrons. The minimum absolute atomic E-state index is 0.0501. The summed E-state index contributed by atoms with van der Waals surface area (Å²) < 4.78 is 1.59. The summed E-state index contributed by atoms with van der Waals surface area (Å²) in [6.07, 6.45) is 2.76. The van der Waals surface area contributed by atoms with Gasteiger partial charge in [-0.25, -0.2) is 4.98 Å². The Morgan fingerprint density at radius 2 is 2.20 bits per heavy atom. The van der Waals surface area contributed by atoms with Crippen molar-refractivity contribution in [1.29, 1.82) is 0 Å². The minimum Gasteiger partial charge on any atom is -0.330 e. The highest BCUT2D eigenvalue weighted by Crippen LogP contribution is 2.12. The molecular weight excluding hydrogens is 190 g/mol. The van der Waals surface area contributed by atoms with E-state index in [1.807, 2.05) is 24.3 Å². The molecule has 0 fully saturated rings. The summed E-state index contributed by atoms with van der Waals surface area (Å²) in [6.45, 7) is 0.540. The van der Waals surface area contributed by atoms with E-state index in [9.17, 15) is 4.79 Å². The van der Waals surface area contributed by atoms with E-state index < -0.39 is 0 Å². The minimum atomic E-state index is 0.0501. The Bertz CT molecular complexity index is 475. The maximum absolute atomic E-state index is 11.7. The third-order valence-electron chi connectivity index (χ3n) is 2.32. The molecule has 0 aliphatic rings. The Balaban J connectivity index is 2.31. The van der Waals surface area contributed by atoms with Gasteiger partial charge in [0.1, 0.15) is 6.33 Å². The van der Waals surface area contributed by atoms with Crippen LogP contribution in [0.4, 0.5) is 0 Å². The molecule has 0 spiro atoms. The number of rotatable bonds is 3. The van der Waals surface area contributed by atoms with Gasteiger partial charge in [-0.3, -0.25) is 9.36 Å². The van der Waals surface area contributed by atoms with Crippen molar-refractivity contribution in [3.63, 3.8) is 0 Å². The maximum atomic E-state index is 11.7. The van der Waals surface area contributed by atoms with Gasteiger partial charge in [-0.15, -0.1) is 0 Å². The second kappa shape index (κ2) is 4.23. The molecule has 2 rings (SSSR count). The summed E-state index contributed by atoms with van der Waals surface area (Å²) >= 11 is 0. The second-order valence-electron chi connectivity index (χ2n) is 3.39. The average Bonchev–Trinajstić information content (AvgIpc) is 2.69. The number of nitrogens with zero attached hydrogens (tertiary/aromatic N) is 2. The van der Waals surface area contributed by atoms with Crippen molar-refractivity contribution in [1.82, 2.24) is 9.55 Å². The molecule has 4 heteroatoms. The van der Waals surface area contributed by atoms with E-state index in [2.05, 4.69) is 4.98 Å². The first-order valence-corrected chi connectivity index (χ1v) is 4.98. The third kappa shape index (κ3) is 1.89. The van der Waals surface area contributed by atoms with Gasteiger partial charge in [0.15, 0.2) is 0 Å². The normalized spacial score (nSPS) is 10.7. The average molecular weight is 203 g/mol. The maximum Gasteiger partial charge on any atom is 0.232 e. The molecule has 2 aromatic rings. The Morgan fingerprint density at radius 1 is 1.40 bits per heavy atom. The topological polar surface area (TPSA) is 60.9 Å². The summed E-state index contributed by atoms with van der Waals surface area (Å²) in [5, 5.41) is 0. The zero-order chi connectivity index (χ0) is 10.7. The molecule has 2 N–H and O–H groups in total. The largest absolute Gasteiger partial charge is 0.330 e. The van der Waals surface area contributed by atoms with Gasteiger partial charge in [0.2, 0.25) is 5.91 Å². The first kappa shape index (κ1) is 9.86. The van der Waals surface area contributed by atoms with Crippen LogP contribution in [0.15, 0.2) is 30.6 Å². The van der Waals surface area contributed by atoms with E-state index in [4.69, 9.17) is 5.73 Å². The van der Waals surface area contributed by atoms with Crippen LogP contribution in [0.1, 0.15) is 17.6 Å². The third-order valence-corrected chi connectivity index (χ3v) is 2.32. The molecule has 1 aromatic carbocycles. The SMILES string of the molecule is NCCCC(=O)n1cnc2ccccc21. The molecule has 0 saturated carbocycles. The first-order chi connectivity index (χ1) is 7.33. The van der Waals surface area contributed by atoms with E-state index in [-0.39, 0.29) is 5.91 Å². The van der Waals surface area contributed by atoms with E-state index in [0.717, 1.165) is 11.0 Å². The van der Waals surface area contributed by atoms with Crippen LogP contribution in [0, 0.1) is 0 Å². The molecule has 1 heterocycles. The van der Waals surface area contributed by atoms with Crippen molar-refractivity contribution in [2.24, 2.45) is 5.73 Å². The summed E-state index contributed by atoms with van der Waals surface area (Å²) in [6, 6.07) is 7.59. The Kier molecular flexibility index (Phi) is 2.78. The number of aromatic nitrogens is 2. The van der Waals surface area contributed by atoms with Crippen molar-refractivity contribution in [2.75, 3.05) is 6.54 Å². The van der Waals surface area contributed by atoms with Crippen LogP contribution in [0.25, 0.3) is 11.0 Å². The summed E-state index contributed by atoms with van der Waals surface area (Å²) in [5.74, 6) is 0.0501. The molecule has 0 aliphatic heterocycles. The summed E-state index contributed by atoms with van der Waals surface area (Å²) in [5.41, 5.74) is 7.07. The Morgan fingerprint density at radius 3 is 3.00 bits per heavy atom. The van der Waals surface area contributed by atoms with Crippen molar-refractivity contribution < 1.29 is 4.79 Å². The molecule has 4 nitrogen and oxygen atoms in total. The second-order valence-corrected chi connectivity index (χ2v) is 3.39. The first-order valence-electron chi connectivity index (χ1n) is 4.98. The van der Waals surface area contributed by atoms with Gasteiger partial charge in [0.05, 0.1) is 11.0 Å². The fourth-order valence-corrected chi connectivity index (χ4v) is 1.53. The smallest absolute Gasteiger partial charge is 0.232 e. The molecular formula is C11H13N3O. The van der Waals surface area contributed by atoms with Crippen molar-refractivity contribution >= 4 is 16.9 Å². The van der Waals surface area contributed by atoms with Gasteiger partial charge in [-0.1, -0.05) is 12.1 Å². The molecule has 0 atom stereocenters. The van der Waals surface area contributed by atoms with Crippen LogP contribution in [-0.4, -0.2) is 22.0 Å². The summed E-state index contributed by atoms with van der Waals surface area (Å²) in [4.78, 5) is 15.9. The lowest BCUT2D eigenvalue weighted by Crippen LogP contribution is -2.11. The predicted molar refractivity (Wildman–Crippen MR) is 58.6 cm³/mol. The van der Waals surface area contributed by atoms with E-state index >= 15 is 0 Å². The van der Waals surface area contributed by atoms with Crippen molar-refractivity contribution in [3.05, 3.63) is 30.6 Å². The van der Waals surface area contributed by atoms with Crippen LogP contribution in [-0.2, 0) is 0 Å². The molecule has 15 heavy (non-hydrogen) atoms. The van der Waals surface area contributed by atoms with Gasteiger partial charge in [-0.2, -0.15) is 0 Å². The highest BCUT2D eigenvalue weighted by Gasteiger charge is 2.08. The Hall–Kier alpha value is -1.68. The van der Waals surface area contributed by atoms with Gasteiger partial charge >= 0.3 is 0 Å². The standard InChI is InChI=1S/C11H13N3O/c12-7-3-6-11(15)14-8-13-9-4-1-2-5-10(9)14/h1-2,4-5,8H,3,6-7,12H2. The monoisotopic (exact) mass is 203 g/mol. The van der Waals surface area contributed by atoms with E-state index in [1.54, 1.807) is 10.9 Å². The molecule has 0 radical (unpaired) electrons. The van der Waals surface area contributed by atoms with Gasteiger partial charge in [0, 0.05) is 6.42 Å². The number of fused-ring (bicyclic) bond motifs is 1. The molecule has 0 bridgehead atoms. The quantitative estimate of drug-likeness (QED) is 0.820. The number of para-hydroxylation sites is 2. The van der Waals surface area contributed by atoms with Crippen LogP contribution in [0.5, 0.6) is 0 Å². The predicted octanol–water partition coefficient (Wildman–Crippen LogP) is 1.42. The zero-order valence-electron chi connectivity index (χ0n) is 8.39. The van der Waals surface area contributed by atoms with Gasteiger partial charge in [0.25, 0.3) is 0 Å².